The third-order valence-electron chi connectivity index (χ3n) is 4.95. The van der Waals surface area contributed by atoms with Gasteiger partial charge in [0.2, 0.25) is 0 Å². The Balaban J connectivity index is 1.48. The zero-order chi connectivity index (χ0) is 19.1. The van der Waals surface area contributed by atoms with Gasteiger partial charge in [0.25, 0.3) is 11.7 Å². The molecule has 0 N–H and O–H groups in total. The van der Waals surface area contributed by atoms with Crippen LogP contribution in [0.4, 0.5) is 0 Å². The number of para-hydroxylation sites is 1. The molecule has 0 bridgehead atoms. The van der Waals surface area contributed by atoms with E-state index in [2.05, 4.69) is 20.1 Å². The number of hydrogen-bond acceptors (Lipinski definition) is 6. The third-order valence-corrected chi connectivity index (χ3v) is 4.95. The molecule has 0 radical (unpaired) electrons. The number of morpholine rings is 1. The molecule has 28 heavy (non-hydrogen) atoms. The van der Waals surface area contributed by atoms with Crippen LogP contribution in [0, 0.1) is 6.92 Å². The van der Waals surface area contributed by atoms with Crippen molar-refractivity contribution < 1.29 is 9.53 Å². The van der Waals surface area contributed by atoms with E-state index in [0.29, 0.717) is 31.0 Å². The number of amides is 1. The Labute approximate surface area is 160 Å². The highest BCUT2D eigenvalue weighted by Gasteiger charge is 2.29. The van der Waals surface area contributed by atoms with E-state index in [1.807, 2.05) is 48.2 Å². The Morgan fingerprint density at radius 2 is 2.11 bits per heavy atom. The maximum atomic E-state index is 13.3. The van der Waals surface area contributed by atoms with Gasteiger partial charge in [0.05, 0.1) is 29.9 Å². The van der Waals surface area contributed by atoms with E-state index in [4.69, 9.17) is 4.74 Å². The van der Waals surface area contributed by atoms with Gasteiger partial charge in [0.1, 0.15) is 12.4 Å². The summed E-state index contributed by atoms with van der Waals surface area (Å²) in [5.74, 6) is 0.485. The number of pyridine rings is 1. The molecule has 8 heteroatoms. The monoisotopic (exact) mass is 374 g/mol. The van der Waals surface area contributed by atoms with Gasteiger partial charge in [-0.05, 0) is 25.1 Å². The highest BCUT2D eigenvalue weighted by Crippen LogP contribution is 2.25. The molecule has 8 nitrogen and oxygen atoms in total. The molecule has 1 amide bonds. The molecule has 0 aliphatic carbocycles. The first kappa shape index (κ1) is 16.8. The fraction of sp³-hybridized carbons (Fsp3) is 0.250. The smallest absolute Gasteiger partial charge is 0.256 e. The topological polar surface area (TPSA) is 85.5 Å². The van der Waals surface area contributed by atoms with Crippen LogP contribution in [0.5, 0.6) is 0 Å². The summed E-state index contributed by atoms with van der Waals surface area (Å²) < 4.78 is 7.65. The van der Waals surface area contributed by atoms with Gasteiger partial charge in [-0.1, -0.05) is 18.2 Å². The summed E-state index contributed by atoms with van der Waals surface area (Å²) in [6.07, 6.45) is 2.88. The van der Waals surface area contributed by atoms with Gasteiger partial charge in [-0.25, -0.2) is 4.98 Å². The Hall–Kier alpha value is -3.39. The molecule has 1 fully saturated rings. The second-order valence-electron chi connectivity index (χ2n) is 6.79. The van der Waals surface area contributed by atoms with Crippen LogP contribution in [-0.4, -0.2) is 55.1 Å². The summed E-state index contributed by atoms with van der Waals surface area (Å²) in [5, 5.41) is 5.20. The van der Waals surface area contributed by atoms with Crippen molar-refractivity contribution in [2.24, 2.45) is 0 Å². The van der Waals surface area contributed by atoms with Crippen molar-refractivity contribution in [3.8, 4) is 0 Å². The maximum Gasteiger partial charge on any atom is 0.256 e. The molecular weight excluding hydrogens is 356 g/mol. The zero-order valence-electron chi connectivity index (χ0n) is 15.3. The molecule has 1 aliphatic rings. The molecule has 140 valence electrons. The molecule has 1 unspecified atom stereocenters. The molecule has 4 heterocycles. The van der Waals surface area contributed by atoms with Crippen LogP contribution < -0.4 is 0 Å². The van der Waals surface area contributed by atoms with E-state index in [-0.39, 0.29) is 12.0 Å². The van der Waals surface area contributed by atoms with Crippen LogP contribution >= 0.6 is 0 Å². The van der Waals surface area contributed by atoms with Gasteiger partial charge in [0.15, 0.2) is 0 Å². The minimum atomic E-state index is -0.300. The summed E-state index contributed by atoms with van der Waals surface area (Å²) >= 11 is 0. The van der Waals surface area contributed by atoms with Crippen LogP contribution in [0.25, 0.3) is 16.7 Å². The Kier molecular flexibility index (Phi) is 3.98. The van der Waals surface area contributed by atoms with Crippen molar-refractivity contribution in [3.63, 3.8) is 0 Å². The lowest BCUT2D eigenvalue weighted by atomic mass is 10.1. The van der Waals surface area contributed by atoms with Crippen molar-refractivity contribution in [1.29, 1.82) is 0 Å². The summed E-state index contributed by atoms with van der Waals surface area (Å²) in [7, 11) is 0. The van der Waals surface area contributed by atoms with Crippen LogP contribution in [0.1, 0.15) is 27.8 Å². The highest BCUT2D eigenvalue weighted by molar-refractivity contribution is 6.05. The molecular formula is C20H18N6O2. The van der Waals surface area contributed by atoms with Crippen molar-refractivity contribution in [1.82, 2.24) is 29.5 Å². The van der Waals surface area contributed by atoms with Crippen LogP contribution in [0.3, 0.4) is 0 Å². The summed E-state index contributed by atoms with van der Waals surface area (Å²) in [4.78, 5) is 28.0. The van der Waals surface area contributed by atoms with E-state index in [1.165, 1.54) is 6.33 Å². The molecule has 1 aliphatic heterocycles. The Bertz CT molecular complexity index is 1180. The predicted molar refractivity (Wildman–Crippen MR) is 102 cm³/mol. The van der Waals surface area contributed by atoms with E-state index >= 15 is 0 Å². The number of ether oxygens (including phenoxy) is 1. The van der Waals surface area contributed by atoms with E-state index < -0.39 is 0 Å². The Morgan fingerprint density at radius 1 is 1.21 bits per heavy atom. The SMILES string of the molecule is Cc1cc(C2CN(C(=O)c3cccc4cccnc34)CCO2)n2ncnc2n1. The summed E-state index contributed by atoms with van der Waals surface area (Å²) in [6, 6.07) is 11.4. The number of nitrogens with zero attached hydrogens (tertiary/aromatic N) is 6. The van der Waals surface area contributed by atoms with Crippen LogP contribution in [0.15, 0.2) is 48.9 Å². The second kappa shape index (κ2) is 6.65. The molecule has 3 aromatic heterocycles. The maximum absolute atomic E-state index is 13.3. The lowest BCUT2D eigenvalue weighted by Gasteiger charge is -2.33. The number of carbonyl (C=O) groups is 1. The molecule has 0 spiro atoms. The zero-order valence-corrected chi connectivity index (χ0v) is 15.3. The second-order valence-corrected chi connectivity index (χ2v) is 6.79. The van der Waals surface area contributed by atoms with Gasteiger partial charge in [-0.3, -0.25) is 9.78 Å². The minimum Gasteiger partial charge on any atom is -0.368 e. The van der Waals surface area contributed by atoms with E-state index in [0.717, 1.165) is 22.3 Å². The fourth-order valence-electron chi connectivity index (χ4n) is 3.65. The first-order valence-corrected chi connectivity index (χ1v) is 9.12. The number of carbonyl (C=O) groups excluding carboxylic acids is 1. The van der Waals surface area contributed by atoms with E-state index in [9.17, 15) is 4.79 Å². The lowest BCUT2D eigenvalue weighted by molar-refractivity contribution is -0.0256. The third kappa shape index (κ3) is 2.78. The largest absolute Gasteiger partial charge is 0.368 e. The number of aryl methyl sites for hydroxylation is 1. The normalized spacial score (nSPS) is 17.3. The fourth-order valence-corrected chi connectivity index (χ4v) is 3.65. The molecule has 4 aromatic rings. The van der Waals surface area contributed by atoms with E-state index in [1.54, 1.807) is 10.7 Å². The quantitative estimate of drug-likeness (QED) is 0.535. The van der Waals surface area contributed by atoms with Gasteiger partial charge in [-0.15, -0.1) is 0 Å². The van der Waals surface area contributed by atoms with Crippen molar-refractivity contribution in [2.75, 3.05) is 19.7 Å². The lowest BCUT2D eigenvalue weighted by Crippen LogP contribution is -2.42. The van der Waals surface area contributed by atoms with Gasteiger partial charge >= 0.3 is 0 Å². The molecule has 1 saturated heterocycles. The summed E-state index contributed by atoms with van der Waals surface area (Å²) in [6.45, 7) is 3.32. The molecule has 0 saturated carbocycles. The van der Waals surface area contributed by atoms with Crippen molar-refractivity contribution in [2.45, 2.75) is 13.0 Å². The first-order valence-electron chi connectivity index (χ1n) is 9.12. The van der Waals surface area contributed by atoms with Gasteiger partial charge < -0.3 is 9.64 Å². The highest BCUT2D eigenvalue weighted by atomic mass is 16.5. The number of aromatic nitrogens is 5. The number of hydrogen-bond donors (Lipinski definition) is 0. The predicted octanol–water partition coefficient (Wildman–Crippen LogP) is 2.19. The average molecular weight is 374 g/mol. The number of rotatable bonds is 2. The minimum absolute atomic E-state index is 0.0433. The standard InChI is InChI=1S/C20H18N6O2/c1-13-10-16(26-20(24-13)22-12-23-26)17-11-25(8-9-28-17)19(27)15-6-2-4-14-5-3-7-21-18(14)15/h2-7,10,12,17H,8-9,11H2,1H3. The summed E-state index contributed by atoms with van der Waals surface area (Å²) in [5.41, 5.74) is 3.00. The number of benzene rings is 1. The average Bonchev–Trinajstić information content (AvgIpc) is 3.20. The molecule has 1 aromatic carbocycles. The van der Waals surface area contributed by atoms with Crippen LogP contribution in [0.2, 0.25) is 0 Å². The number of fused-ring (bicyclic) bond motifs is 2. The van der Waals surface area contributed by atoms with Crippen molar-refractivity contribution in [3.05, 3.63) is 65.9 Å². The van der Waals surface area contributed by atoms with Crippen molar-refractivity contribution >= 4 is 22.6 Å². The van der Waals surface area contributed by atoms with Gasteiger partial charge in [0, 0.05) is 23.8 Å². The van der Waals surface area contributed by atoms with Gasteiger partial charge in [-0.2, -0.15) is 14.6 Å². The first-order chi connectivity index (χ1) is 13.7. The molecule has 1 atom stereocenters. The Morgan fingerprint density at radius 3 is 3.04 bits per heavy atom. The molecule has 5 rings (SSSR count). The van der Waals surface area contributed by atoms with Crippen LogP contribution in [-0.2, 0) is 4.74 Å².